The van der Waals surface area contributed by atoms with E-state index in [0.717, 1.165) is 0 Å². The quantitative estimate of drug-likeness (QED) is 0.803. The molecular formula is C14H10ClN5O2. The highest BCUT2D eigenvalue weighted by molar-refractivity contribution is 6.32. The summed E-state index contributed by atoms with van der Waals surface area (Å²) < 4.78 is 6.54. The molecule has 0 aliphatic carbocycles. The van der Waals surface area contributed by atoms with Gasteiger partial charge in [0.15, 0.2) is 5.82 Å². The second-order valence-electron chi connectivity index (χ2n) is 4.20. The maximum absolute atomic E-state index is 11.8. The fourth-order valence-corrected chi connectivity index (χ4v) is 1.98. The average molecular weight is 316 g/mol. The Morgan fingerprint density at radius 1 is 1.27 bits per heavy atom. The summed E-state index contributed by atoms with van der Waals surface area (Å²) in [4.78, 5) is 15.9. The van der Waals surface area contributed by atoms with Gasteiger partial charge >= 0.3 is 6.09 Å². The molecule has 0 unspecified atom stereocenters. The van der Waals surface area contributed by atoms with Gasteiger partial charge in [0.1, 0.15) is 5.75 Å². The summed E-state index contributed by atoms with van der Waals surface area (Å²) in [6.07, 6.45) is 3.96. The summed E-state index contributed by atoms with van der Waals surface area (Å²) in [7, 11) is 0. The fourth-order valence-electron chi connectivity index (χ4n) is 1.73. The van der Waals surface area contributed by atoms with Crippen molar-refractivity contribution >= 4 is 23.4 Å². The van der Waals surface area contributed by atoms with Crippen LogP contribution in [0.3, 0.4) is 0 Å². The number of carbonyl (C=O) groups excluding carboxylic acids is 1. The first kappa shape index (κ1) is 14.0. The number of amides is 1. The molecule has 8 heteroatoms. The molecule has 0 saturated heterocycles. The molecule has 1 N–H and O–H groups in total. The molecule has 0 radical (unpaired) electrons. The maximum atomic E-state index is 11.8. The van der Waals surface area contributed by atoms with Gasteiger partial charge in [0.25, 0.3) is 0 Å². The van der Waals surface area contributed by atoms with Gasteiger partial charge in [0, 0.05) is 0 Å². The largest absolute Gasteiger partial charge is 0.417 e. The molecular weight excluding hydrogens is 306 g/mol. The lowest BCUT2D eigenvalue weighted by Crippen LogP contribution is -2.17. The number of carbonyl (C=O) groups is 1. The normalized spacial score (nSPS) is 10.2. The molecule has 2 aromatic heterocycles. The fraction of sp³-hybridized carbons (Fsp3) is 0. The Hall–Kier alpha value is -2.93. The Labute approximate surface area is 130 Å². The predicted octanol–water partition coefficient (Wildman–Crippen LogP) is 2.93. The lowest BCUT2D eigenvalue weighted by Gasteiger charge is -2.08. The Bertz CT molecular complexity index is 777. The number of benzene rings is 1. The van der Waals surface area contributed by atoms with Crippen molar-refractivity contribution in [3.05, 3.63) is 60.0 Å². The van der Waals surface area contributed by atoms with Crippen LogP contribution in [0.2, 0.25) is 5.02 Å². The SMILES string of the molecule is O=C(Nc1cnc(-n2ccnn2)c(Cl)c1)Oc1ccccc1. The highest BCUT2D eigenvalue weighted by Crippen LogP contribution is 2.21. The predicted molar refractivity (Wildman–Crippen MR) is 80.3 cm³/mol. The van der Waals surface area contributed by atoms with Crippen molar-refractivity contribution in [1.82, 2.24) is 20.0 Å². The lowest BCUT2D eigenvalue weighted by atomic mass is 10.3. The monoisotopic (exact) mass is 315 g/mol. The standard InChI is InChI=1S/C14H10ClN5O2/c15-12-8-10(9-16-13(12)20-7-6-17-19-20)18-14(21)22-11-4-2-1-3-5-11/h1-9H,(H,18,21). The lowest BCUT2D eigenvalue weighted by molar-refractivity contribution is 0.215. The van der Waals surface area contributed by atoms with Crippen molar-refractivity contribution in [3.8, 4) is 11.6 Å². The molecule has 0 atom stereocenters. The number of nitrogens with zero attached hydrogens (tertiary/aromatic N) is 4. The zero-order valence-corrected chi connectivity index (χ0v) is 11.9. The molecule has 22 heavy (non-hydrogen) atoms. The van der Waals surface area contributed by atoms with Gasteiger partial charge in [-0.1, -0.05) is 35.0 Å². The molecule has 3 aromatic rings. The summed E-state index contributed by atoms with van der Waals surface area (Å²) in [6, 6.07) is 10.3. The van der Waals surface area contributed by atoms with Gasteiger partial charge in [-0.15, -0.1) is 5.10 Å². The van der Waals surface area contributed by atoms with Crippen LogP contribution in [0.4, 0.5) is 10.5 Å². The molecule has 110 valence electrons. The van der Waals surface area contributed by atoms with E-state index in [2.05, 4.69) is 20.6 Å². The van der Waals surface area contributed by atoms with Crippen molar-refractivity contribution in [3.63, 3.8) is 0 Å². The third-order valence-electron chi connectivity index (χ3n) is 2.66. The van der Waals surface area contributed by atoms with Gasteiger partial charge < -0.3 is 4.74 Å². The van der Waals surface area contributed by atoms with Gasteiger partial charge in [-0.05, 0) is 18.2 Å². The molecule has 0 bridgehead atoms. The van der Waals surface area contributed by atoms with Crippen molar-refractivity contribution in [2.45, 2.75) is 0 Å². The Balaban J connectivity index is 1.71. The first-order valence-corrected chi connectivity index (χ1v) is 6.66. The number of aromatic nitrogens is 4. The molecule has 1 aromatic carbocycles. The van der Waals surface area contributed by atoms with Crippen LogP contribution in [0.1, 0.15) is 0 Å². The molecule has 0 aliphatic heterocycles. The van der Waals surface area contributed by atoms with E-state index in [4.69, 9.17) is 16.3 Å². The minimum atomic E-state index is -0.627. The van der Waals surface area contributed by atoms with Crippen molar-refractivity contribution in [2.75, 3.05) is 5.32 Å². The van der Waals surface area contributed by atoms with Gasteiger partial charge in [-0.2, -0.15) is 0 Å². The van der Waals surface area contributed by atoms with E-state index in [1.54, 1.807) is 36.5 Å². The molecule has 0 saturated carbocycles. The van der Waals surface area contributed by atoms with Crippen molar-refractivity contribution < 1.29 is 9.53 Å². The Morgan fingerprint density at radius 3 is 2.77 bits per heavy atom. The van der Waals surface area contributed by atoms with E-state index < -0.39 is 6.09 Å². The number of hydrogen-bond acceptors (Lipinski definition) is 5. The summed E-state index contributed by atoms with van der Waals surface area (Å²) in [6.45, 7) is 0. The Kier molecular flexibility index (Phi) is 3.97. The number of ether oxygens (including phenoxy) is 1. The van der Waals surface area contributed by atoms with Gasteiger partial charge in [-0.3, -0.25) is 5.32 Å². The van der Waals surface area contributed by atoms with Crippen LogP contribution in [-0.4, -0.2) is 26.1 Å². The average Bonchev–Trinajstić information content (AvgIpc) is 3.02. The van der Waals surface area contributed by atoms with Crippen LogP contribution in [-0.2, 0) is 0 Å². The molecule has 3 rings (SSSR count). The molecule has 2 heterocycles. The number of para-hydroxylation sites is 1. The van der Waals surface area contributed by atoms with E-state index in [-0.39, 0.29) is 0 Å². The van der Waals surface area contributed by atoms with E-state index in [0.29, 0.717) is 22.3 Å². The number of anilines is 1. The molecule has 0 fully saturated rings. The molecule has 1 amide bonds. The topological polar surface area (TPSA) is 81.9 Å². The van der Waals surface area contributed by atoms with Crippen LogP contribution in [0.15, 0.2) is 55.0 Å². The van der Waals surface area contributed by atoms with Crippen LogP contribution in [0.5, 0.6) is 5.75 Å². The number of nitrogens with one attached hydrogen (secondary N) is 1. The van der Waals surface area contributed by atoms with Crippen LogP contribution >= 0.6 is 11.6 Å². The number of rotatable bonds is 3. The number of pyridine rings is 1. The van der Waals surface area contributed by atoms with E-state index in [1.165, 1.54) is 17.1 Å². The highest BCUT2D eigenvalue weighted by atomic mass is 35.5. The van der Waals surface area contributed by atoms with E-state index in [9.17, 15) is 4.79 Å². The molecule has 0 aliphatic rings. The van der Waals surface area contributed by atoms with Crippen LogP contribution in [0.25, 0.3) is 5.82 Å². The second kappa shape index (κ2) is 6.23. The van der Waals surface area contributed by atoms with Crippen LogP contribution < -0.4 is 10.1 Å². The van der Waals surface area contributed by atoms with Crippen molar-refractivity contribution in [2.24, 2.45) is 0 Å². The third-order valence-corrected chi connectivity index (χ3v) is 2.94. The molecule has 7 nitrogen and oxygen atoms in total. The summed E-state index contributed by atoms with van der Waals surface area (Å²) in [5.41, 5.74) is 0.412. The highest BCUT2D eigenvalue weighted by Gasteiger charge is 2.09. The smallest absolute Gasteiger partial charge is 0.410 e. The van der Waals surface area contributed by atoms with Gasteiger partial charge in [0.2, 0.25) is 0 Å². The second-order valence-corrected chi connectivity index (χ2v) is 4.61. The first-order chi connectivity index (χ1) is 10.7. The minimum absolute atomic E-state index is 0.322. The minimum Gasteiger partial charge on any atom is -0.410 e. The summed E-state index contributed by atoms with van der Waals surface area (Å²) >= 11 is 6.12. The van der Waals surface area contributed by atoms with Gasteiger partial charge in [-0.25, -0.2) is 14.5 Å². The van der Waals surface area contributed by atoms with Crippen molar-refractivity contribution in [1.29, 1.82) is 0 Å². The van der Waals surface area contributed by atoms with Gasteiger partial charge in [0.05, 0.1) is 29.3 Å². The zero-order valence-electron chi connectivity index (χ0n) is 11.2. The number of halogens is 1. The number of hydrogen-bond donors (Lipinski definition) is 1. The van der Waals surface area contributed by atoms with E-state index in [1.807, 2.05) is 6.07 Å². The Morgan fingerprint density at radius 2 is 2.09 bits per heavy atom. The summed E-state index contributed by atoms with van der Waals surface area (Å²) in [5, 5.41) is 10.4. The molecule has 0 spiro atoms. The van der Waals surface area contributed by atoms with Crippen LogP contribution in [0, 0.1) is 0 Å². The zero-order chi connectivity index (χ0) is 15.4. The summed E-state index contributed by atoms with van der Waals surface area (Å²) in [5.74, 6) is 0.861. The van der Waals surface area contributed by atoms with E-state index >= 15 is 0 Å². The third kappa shape index (κ3) is 3.21. The maximum Gasteiger partial charge on any atom is 0.417 e. The first-order valence-electron chi connectivity index (χ1n) is 6.28.